The lowest BCUT2D eigenvalue weighted by molar-refractivity contribution is -0.121. The molecule has 1 N–H and O–H groups in total. The molecule has 9 heavy (non-hydrogen) atoms. The summed E-state index contributed by atoms with van der Waals surface area (Å²) in [6, 6.07) is 0. The van der Waals surface area contributed by atoms with E-state index in [0.717, 1.165) is 12.8 Å². The van der Waals surface area contributed by atoms with Gasteiger partial charge in [0.05, 0.1) is 0 Å². The highest BCUT2D eigenvalue weighted by Gasteiger charge is 2.51. The van der Waals surface area contributed by atoms with Crippen molar-refractivity contribution in [2.24, 2.45) is 17.8 Å². The van der Waals surface area contributed by atoms with Gasteiger partial charge in [0.25, 0.3) is 0 Å². The monoisotopic (exact) mass is 126 g/mol. The van der Waals surface area contributed by atoms with E-state index < -0.39 is 0 Å². The summed E-state index contributed by atoms with van der Waals surface area (Å²) in [4.78, 5) is 10.9. The van der Waals surface area contributed by atoms with Crippen molar-refractivity contribution in [2.45, 2.75) is 12.8 Å². The van der Waals surface area contributed by atoms with Crippen LogP contribution in [0.3, 0.4) is 0 Å². The summed E-state index contributed by atoms with van der Waals surface area (Å²) < 4.78 is 0. The van der Waals surface area contributed by atoms with Crippen molar-refractivity contribution in [1.29, 1.82) is 0 Å². The molecule has 2 nitrogen and oxygen atoms in total. The predicted octanol–water partition coefficient (Wildman–Crippen LogP) is 0.204. The van der Waals surface area contributed by atoms with Crippen LogP contribution in [-0.4, -0.2) is 17.5 Å². The van der Waals surface area contributed by atoms with Crippen molar-refractivity contribution in [3.63, 3.8) is 0 Å². The smallest absolute Gasteiger partial charge is 0.136 e. The third kappa shape index (κ3) is 0.517. The third-order valence-electron chi connectivity index (χ3n) is 2.77. The maximum atomic E-state index is 10.9. The molecule has 50 valence electrons. The molecule has 3 atom stereocenters. The highest BCUT2D eigenvalue weighted by Crippen LogP contribution is 2.50. The number of hydrogen-bond donors (Lipinski definition) is 1. The van der Waals surface area contributed by atoms with Crippen LogP contribution in [-0.2, 0) is 4.79 Å². The fraction of sp³-hybridized carbons (Fsp3) is 0.857. The highest BCUT2D eigenvalue weighted by atomic mass is 16.3. The Labute approximate surface area is 53.9 Å². The SMILES string of the molecule is O=C1CC2CC1C2CO. The van der Waals surface area contributed by atoms with E-state index in [1.165, 1.54) is 0 Å². The molecule has 0 radical (unpaired) electrons. The molecule has 3 fully saturated rings. The molecule has 0 spiro atoms. The molecule has 3 aliphatic carbocycles. The van der Waals surface area contributed by atoms with Crippen molar-refractivity contribution in [3.05, 3.63) is 0 Å². The summed E-state index contributed by atoms with van der Waals surface area (Å²) in [5.74, 6) is 1.53. The zero-order chi connectivity index (χ0) is 6.43. The van der Waals surface area contributed by atoms with E-state index in [2.05, 4.69) is 0 Å². The molecule has 3 unspecified atom stereocenters. The second-order valence-electron chi connectivity index (χ2n) is 3.12. The number of carbonyl (C=O) groups is 1. The van der Waals surface area contributed by atoms with Crippen LogP contribution in [0.5, 0.6) is 0 Å². The summed E-state index contributed by atoms with van der Waals surface area (Å²) >= 11 is 0. The lowest BCUT2D eigenvalue weighted by Gasteiger charge is -2.32. The Bertz CT molecular complexity index is 153. The minimum Gasteiger partial charge on any atom is -0.396 e. The molecular formula is C7H10O2. The second-order valence-corrected chi connectivity index (χ2v) is 3.12. The topological polar surface area (TPSA) is 37.3 Å². The van der Waals surface area contributed by atoms with Gasteiger partial charge in [-0.15, -0.1) is 0 Å². The van der Waals surface area contributed by atoms with E-state index in [-0.39, 0.29) is 12.5 Å². The van der Waals surface area contributed by atoms with Gasteiger partial charge < -0.3 is 5.11 Å². The Morgan fingerprint density at radius 3 is 2.67 bits per heavy atom. The first-order valence-corrected chi connectivity index (χ1v) is 3.46. The standard InChI is InChI=1S/C7H10O2/c8-3-6-4-1-5(6)7(9)2-4/h4-6,8H,1-3H2. The molecule has 0 aliphatic heterocycles. The zero-order valence-corrected chi connectivity index (χ0v) is 5.21. The molecule has 3 aliphatic rings. The van der Waals surface area contributed by atoms with Crippen LogP contribution in [0.25, 0.3) is 0 Å². The van der Waals surface area contributed by atoms with E-state index in [1.54, 1.807) is 0 Å². The molecule has 3 rings (SSSR count). The number of carbonyl (C=O) groups excluding carboxylic acids is 1. The lowest BCUT2D eigenvalue weighted by atomic mass is 9.73. The Hall–Kier alpha value is -0.370. The third-order valence-corrected chi connectivity index (χ3v) is 2.77. The summed E-state index contributed by atoms with van der Waals surface area (Å²) in [6.07, 6.45) is 1.81. The summed E-state index contributed by atoms with van der Waals surface area (Å²) in [6.45, 7) is 0.223. The van der Waals surface area contributed by atoms with E-state index >= 15 is 0 Å². The van der Waals surface area contributed by atoms with E-state index in [1.807, 2.05) is 0 Å². The number of aliphatic hydroxyl groups is 1. The lowest BCUT2D eigenvalue weighted by Crippen LogP contribution is -2.32. The normalized spacial score (nSPS) is 47.2. The molecule has 0 heterocycles. The number of hydrogen-bond acceptors (Lipinski definition) is 2. The summed E-state index contributed by atoms with van der Waals surface area (Å²) in [5, 5.41) is 8.73. The van der Waals surface area contributed by atoms with Crippen LogP contribution in [0.2, 0.25) is 0 Å². The van der Waals surface area contributed by atoms with Gasteiger partial charge in [-0.1, -0.05) is 0 Å². The summed E-state index contributed by atoms with van der Waals surface area (Å²) in [7, 11) is 0. The van der Waals surface area contributed by atoms with Crippen LogP contribution in [0.1, 0.15) is 12.8 Å². The van der Waals surface area contributed by atoms with Gasteiger partial charge in [0, 0.05) is 18.9 Å². The molecule has 0 amide bonds. The van der Waals surface area contributed by atoms with Crippen molar-refractivity contribution >= 4 is 5.78 Å². The molecule has 2 heteroatoms. The van der Waals surface area contributed by atoms with Crippen LogP contribution in [0, 0.1) is 17.8 Å². The van der Waals surface area contributed by atoms with Crippen molar-refractivity contribution in [1.82, 2.24) is 0 Å². The van der Waals surface area contributed by atoms with E-state index in [9.17, 15) is 4.79 Å². The molecule has 3 saturated carbocycles. The number of rotatable bonds is 1. The number of aliphatic hydroxyl groups excluding tert-OH is 1. The van der Waals surface area contributed by atoms with Crippen molar-refractivity contribution < 1.29 is 9.90 Å². The quantitative estimate of drug-likeness (QED) is 0.545. The molecule has 0 aromatic carbocycles. The number of ketones is 1. The predicted molar refractivity (Wildman–Crippen MR) is 31.8 cm³/mol. The van der Waals surface area contributed by atoms with Crippen molar-refractivity contribution in [3.8, 4) is 0 Å². The second kappa shape index (κ2) is 1.57. The molecule has 0 aromatic rings. The van der Waals surface area contributed by atoms with Gasteiger partial charge in [0.1, 0.15) is 5.78 Å². The Morgan fingerprint density at radius 2 is 2.44 bits per heavy atom. The van der Waals surface area contributed by atoms with Crippen LogP contribution in [0.15, 0.2) is 0 Å². The first-order chi connectivity index (χ1) is 4.33. The first kappa shape index (κ1) is 5.42. The maximum absolute atomic E-state index is 10.9. The molecular weight excluding hydrogens is 116 g/mol. The summed E-state index contributed by atoms with van der Waals surface area (Å²) in [5.41, 5.74) is 0. The van der Waals surface area contributed by atoms with E-state index in [4.69, 9.17) is 5.11 Å². The van der Waals surface area contributed by atoms with Crippen LogP contribution >= 0.6 is 0 Å². The molecule has 2 bridgehead atoms. The number of fused-ring (bicyclic) bond motifs is 1. The minimum atomic E-state index is 0.223. The van der Waals surface area contributed by atoms with Gasteiger partial charge in [-0.2, -0.15) is 0 Å². The zero-order valence-electron chi connectivity index (χ0n) is 5.21. The van der Waals surface area contributed by atoms with Gasteiger partial charge in [0.2, 0.25) is 0 Å². The molecule has 0 saturated heterocycles. The van der Waals surface area contributed by atoms with Crippen molar-refractivity contribution in [2.75, 3.05) is 6.61 Å². The fourth-order valence-electron chi connectivity index (χ4n) is 2.10. The largest absolute Gasteiger partial charge is 0.396 e. The van der Waals surface area contributed by atoms with Gasteiger partial charge in [-0.05, 0) is 18.3 Å². The average Bonchev–Trinajstić information content (AvgIpc) is 2.22. The Kier molecular flexibility index (Phi) is 0.943. The first-order valence-electron chi connectivity index (χ1n) is 3.46. The van der Waals surface area contributed by atoms with Crippen LogP contribution in [0.4, 0.5) is 0 Å². The number of Topliss-reactive ketones (excluding diaryl/α,β-unsaturated/α-hetero) is 1. The maximum Gasteiger partial charge on any atom is 0.136 e. The van der Waals surface area contributed by atoms with Gasteiger partial charge in [-0.25, -0.2) is 0 Å². The average molecular weight is 126 g/mol. The fourth-order valence-corrected chi connectivity index (χ4v) is 2.10. The van der Waals surface area contributed by atoms with Gasteiger partial charge >= 0.3 is 0 Å². The van der Waals surface area contributed by atoms with Gasteiger partial charge in [-0.3, -0.25) is 4.79 Å². The minimum absolute atomic E-state index is 0.223. The molecule has 0 aromatic heterocycles. The van der Waals surface area contributed by atoms with Crippen LogP contribution < -0.4 is 0 Å². The van der Waals surface area contributed by atoms with Gasteiger partial charge in [0.15, 0.2) is 0 Å². The van der Waals surface area contributed by atoms with E-state index in [0.29, 0.717) is 17.6 Å². The Balaban J connectivity index is 2.12. The highest BCUT2D eigenvalue weighted by molar-refractivity contribution is 5.86. The Morgan fingerprint density at radius 1 is 1.67 bits per heavy atom.